The zero-order valence-electron chi connectivity index (χ0n) is 9.14. The predicted octanol–water partition coefficient (Wildman–Crippen LogP) is 2.66. The van der Waals surface area contributed by atoms with Gasteiger partial charge in [0.25, 0.3) is 0 Å². The van der Waals surface area contributed by atoms with Gasteiger partial charge >= 0.3 is 0 Å². The molecule has 1 aliphatic rings. The second kappa shape index (κ2) is 4.42. The molecule has 0 radical (unpaired) electrons. The van der Waals surface area contributed by atoms with Gasteiger partial charge in [0.2, 0.25) is 0 Å². The summed E-state index contributed by atoms with van der Waals surface area (Å²) >= 11 is 7.67. The Bertz CT molecular complexity index is 333. The fraction of sp³-hybridized carbons (Fsp3) is 0.636. The normalized spacial score (nSPS) is 20.2. The summed E-state index contributed by atoms with van der Waals surface area (Å²) in [6, 6.07) is 4.58. The molecule has 1 aromatic heterocycles. The van der Waals surface area contributed by atoms with Crippen molar-refractivity contribution in [1.82, 2.24) is 10.6 Å². The van der Waals surface area contributed by atoms with Crippen LogP contribution in [0.15, 0.2) is 12.1 Å². The summed E-state index contributed by atoms with van der Waals surface area (Å²) in [6.07, 6.45) is 2.60. The molecule has 0 aromatic carbocycles. The lowest BCUT2D eigenvalue weighted by Gasteiger charge is -2.25. The van der Waals surface area contributed by atoms with Gasteiger partial charge in [-0.3, -0.25) is 0 Å². The van der Waals surface area contributed by atoms with E-state index in [9.17, 15) is 0 Å². The highest BCUT2D eigenvalue weighted by molar-refractivity contribution is 7.16. The van der Waals surface area contributed by atoms with Crippen molar-refractivity contribution in [3.05, 3.63) is 21.3 Å². The number of thiophene rings is 1. The quantitative estimate of drug-likeness (QED) is 0.832. The molecule has 15 heavy (non-hydrogen) atoms. The minimum Gasteiger partial charge on any atom is -0.319 e. The first kappa shape index (κ1) is 11.4. The summed E-state index contributed by atoms with van der Waals surface area (Å²) in [5.41, 5.74) is 0.414. The van der Waals surface area contributed by atoms with E-state index in [0.717, 1.165) is 10.9 Å². The lowest BCUT2D eigenvalue weighted by molar-refractivity contribution is 0.351. The lowest BCUT2D eigenvalue weighted by Crippen LogP contribution is -2.32. The second-order valence-corrected chi connectivity index (χ2v) is 6.00. The first-order valence-corrected chi connectivity index (χ1v) is 6.48. The monoisotopic (exact) mass is 244 g/mol. The van der Waals surface area contributed by atoms with Gasteiger partial charge in [0.1, 0.15) is 0 Å². The average Bonchev–Trinajstić information content (AvgIpc) is 2.85. The Morgan fingerprint density at radius 1 is 1.47 bits per heavy atom. The van der Waals surface area contributed by atoms with E-state index in [0.29, 0.717) is 11.5 Å². The van der Waals surface area contributed by atoms with Crippen LogP contribution in [0.5, 0.6) is 0 Å². The van der Waals surface area contributed by atoms with Gasteiger partial charge < -0.3 is 10.6 Å². The zero-order chi connectivity index (χ0) is 10.9. The molecular weight excluding hydrogens is 228 g/mol. The van der Waals surface area contributed by atoms with Crippen LogP contribution in [0.4, 0.5) is 0 Å². The summed E-state index contributed by atoms with van der Waals surface area (Å²) in [5.74, 6) is 0. The zero-order valence-corrected chi connectivity index (χ0v) is 10.7. The number of hydrogen-bond acceptors (Lipinski definition) is 3. The van der Waals surface area contributed by atoms with Crippen LogP contribution in [0.1, 0.15) is 23.8 Å². The summed E-state index contributed by atoms with van der Waals surface area (Å²) in [4.78, 5) is 1.36. The van der Waals surface area contributed by atoms with Crippen molar-refractivity contribution in [3.8, 4) is 0 Å². The highest BCUT2D eigenvalue weighted by Gasteiger charge is 2.49. The molecule has 4 heteroatoms. The molecule has 1 fully saturated rings. The standard InChI is InChI=1S/C11H17ClN2S/c1-13-7-11(5-6-11)10(14-2)8-3-4-9(12)15-8/h3-4,10,13-14H,5-7H2,1-2H3. The molecule has 2 N–H and O–H groups in total. The summed E-state index contributed by atoms with van der Waals surface area (Å²) < 4.78 is 0.880. The molecule has 1 saturated carbocycles. The van der Waals surface area contributed by atoms with Crippen LogP contribution in [0, 0.1) is 5.41 Å². The number of nitrogens with one attached hydrogen (secondary N) is 2. The topological polar surface area (TPSA) is 24.1 Å². The van der Waals surface area contributed by atoms with Gasteiger partial charge in [-0.15, -0.1) is 11.3 Å². The maximum Gasteiger partial charge on any atom is 0.0931 e. The first-order valence-electron chi connectivity index (χ1n) is 5.29. The van der Waals surface area contributed by atoms with Crippen molar-refractivity contribution >= 4 is 22.9 Å². The summed E-state index contributed by atoms with van der Waals surface area (Å²) in [5, 5.41) is 6.72. The molecule has 0 spiro atoms. The van der Waals surface area contributed by atoms with Gasteiger partial charge in [0, 0.05) is 22.9 Å². The van der Waals surface area contributed by atoms with Crippen molar-refractivity contribution in [1.29, 1.82) is 0 Å². The van der Waals surface area contributed by atoms with Crippen LogP contribution in [0.2, 0.25) is 4.34 Å². The number of hydrogen-bond donors (Lipinski definition) is 2. The molecule has 1 aliphatic carbocycles. The van der Waals surface area contributed by atoms with Gasteiger partial charge in [0.15, 0.2) is 0 Å². The Morgan fingerprint density at radius 2 is 2.20 bits per heavy atom. The maximum absolute atomic E-state index is 5.98. The molecular formula is C11H17ClN2S. The lowest BCUT2D eigenvalue weighted by atomic mass is 9.95. The van der Waals surface area contributed by atoms with Crippen LogP contribution < -0.4 is 10.6 Å². The molecule has 1 aromatic rings. The highest BCUT2D eigenvalue weighted by atomic mass is 35.5. The molecule has 0 bridgehead atoms. The Labute approximate surface area is 100 Å². The molecule has 84 valence electrons. The first-order chi connectivity index (χ1) is 7.22. The van der Waals surface area contributed by atoms with Crippen molar-refractivity contribution in [2.24, 2.45) is 5.41 Å². The Balaban J connectivity index is 2.17. The molecule has 0 amide bonds. The fourth-order valence-electron chi connectivity index (χ4n) is 2.31. The minimum atomic E-state index is 0.414. The van der Waals surface area contributed by atoms with Crippen molar-refractivity contribution in [2.75, 3.05) is 20.6 Å². The van der Waals surface area contributed by atoms with E-state index >= 15 is 0 Å². The third-order valence-corrected chi connectivity index (χ3v) is 4.50. The average molecular weight is 245 g/mol. The van der Waals surface area contributed by atoms with Crippen LogP contribution in [0.3, 0.4) is 0 Å². The van der Waals surface area contributed by atoms with Gasteiger partial charge in [-0.05, 0) is 39.1 Å². The largest absolute Gasteiger partial charge is 0.319 e. The second-order valence-electron chi connectivity index (χ2n) is 4.26. The van der Waals surface area contributed by atoms with Crippen molar-refractivity contribution in [2.45, 2.75) is 18.9 Å². The van der Waals surface area contributed by atoms with Gasteiger partial charge in [0.05, 0.1) is 4.34 Å². The summed E-state index contributed by atoms with van der Waals surface area (Å²) in [6.45, 7) is 1.08. The van der Waals surface area contributed by atoms with Crippen molar-refractivity contribution in [3.63, 3.8) is 0 Å². The van der Waals surface area contributed by atoms with E-state index in [2.05, 4.69) is 16.7 Å². The van der Waals surface area contributed by atoms with E-state index < -0.39 is 0 Å². The van der Waals surface area contributed by atoms with Crippen molar-refractivity contribution < 1.29 is 0 Å². The van der Waals surface area contributed by atoms with E-state index in [1.54, 1.807) is 11.3 Å². The molecule has 1 heterocycles. The minimum absolute atomic E-state index is 0.414. The van der Waals surface area contributed by atoms with Gasteiger partial charge in [-0.2, -0.15) is 0 Å². The maximum atomic E-state index is 5.98. The van der Waals surface area contributed by atoms with E-state index in [4.69, 9.17) is 11.6 Å². The Kier molecular flexibility index (Phi) is 3.36. The predicted molar refractivity (Wildman–Crippen MR) is 66.7 cm³/mol. The molecule has 1 atom stereocenters. The molecule has 1 unspecified atom stereocenters. The number of rotatable bonds is 5. The van der Waals surface area contributed by atoms with Crippen LogP contribution in [-0.2, 0) is 0 Å². The Hall–Kier alpha value is -0.0900. The third kappa shape index (κ3) is 2.21. The van der Waals surface area contributed by atoms with E-state index in [1.165, 1.54) is 17.7 Å². The molecule has 2 rings (SSSR count). The molecule has 0 aliphatic heterocycles. The fourth-order valence-corrected chi connectivity index (χ4v) is 3.63. The van der Waals surface area contributed by atoms with Crippen LogP contribution in [0.25, 0.3) is 0 Å². The Morgan fingerprint density at radius 3 is 2.60 bits per heavy atom. The van der Waals surface area contributed by atoms with Crippen LogP contribution >= 0.6 is 22.9 Å². The highest BCUT2D eigenvalue weighted by Crippen LogP contribution is 2.55. The smallest absolute Gasteiger partial charge is 0.0931 e. The van der Waals surface area contributed by atoms with Gasteiger partial charge in [-0.1, -0.05) is 11.6 Å². The SMILES string of the molecule is CNCC1(C(NC)c2ccc(Cl)s2)CC1. The van der Waals surface area contributed by atoms with E-state index in [1.807, 2.05) is 20.2 Å². The molecule has 0 saturated heterocycles. The third-order valence-electron chi connectivity index (χ3n) is 3.20. The van der Waals surface area contributed by atoms with E-state index in [-0.39, 0.29) is 0 Å². The van der Waals surface area contributed by atoms with Crippen LogP contribution in [-0.4, -0.2) is 20.6 Å². The van der Waals surface area contributed by atoms with Gasteiger partial charge in [-0.25, -0.2) is 0 Å². The number of halogens is 1. The molecule has 2 nitrogen and oxygen atoms in total. The summed E-state index contributed by atoms with van der Waals surface area (Å²) in [7, 11) is 4.06.